The highest BCUT2D eigenvalue weighted by Crippen LogP contribution is 2.22. The number of aliphatic hydroxyl groups excluding tert-OH is 1. The van der Waals surface area contributed by atoms with Crippen LogP contribution in [-0.4, -0.2) is 31.1 Å². The Balaban J connectivity index is 3.38. The summed E-state index contributed by atoms with van der Waals surface area (Å²) in [6, 6.07) is 0. The van der Waals surface area contributed by atoms with Crippen LogP contribution >= 0.6 is 0 Å². The number of halogens is 3. The van der Waals surface area contributed by atoms with Gasteiger partial charge in [0.2, 0.25) is 0 Å². The first-order valence-electron chi connectivity index (χ1n) is 3.19. The molecule has 0 saturated carbocycles. The van der Waals surface area contributed by atoms with Crippen molar-refractivity contribution >= 4 is 0 Å². The summed E-state index contributed by atoms with van der Waals surface area (Å²) in [6.45, 7) is -0.0456. The molecule has 11 heavy (non-hydrogen) atoms. The molecule has 0 heterocycles. The summed E-state index contributed by atoms with van der Waals surface area (Å²) in [5.41, 5.74) is 0. The largest absolute Gasteiger partial charge is 0.391 e. The van der Waals surface area contributed by atoms with E-state index < -0.39 is 18.7 Å². The first-order valence-corrected chi connectivity index (χ1v) is 3.19. The van der Waals surface area contributed by atoms with E-state index in [1.54, 1.807) is 0 Å². The second-order valence-corrected chi connectivity index (χ2v) is 2.26. The van der Waals surface area contributed by atoms with Crippen LogP contribution in [0, 0.1) is 0 Å². The average Bonchev–Trinajstić information content (AvgIpc) is 1.83. The quantitative estimate of drug-likeness (QED) is 0.693. The fraction of sp³-hybridized carbons (Fsp3) is 1.00. The number of ether oxygens (including phenoxy) is 1. The molecular weight excluding hydrogens is 161 g/mol. The minimum absolute atomic E-state index is 0.0456. The predicted molar refractivity (Wildman–Crippen MR) is 33.2 cm³/mol. The Bertz CT molecular complexity index is 102. The Morgan fingerprint density at radius 3 is 2.36 bits per heavy atom. The standard InChI is InChI=1S/C6H11F3O2/c1-11-4-5(10)2-3-6(7,8)9/h5,10H,2-4H2,1H3. The van der Waals surface area contributed by atoms with Crippen LogP contribution in [-0.2, 0) is 4.74 Å². The molecule has 0 bridgehead atoms. The molecule has 2 nitrogen and oxygen atoms in total. The molecular formula is C6H11F3O2. The van der Waals surface area contributed by atoms with Crippen molar-refractivity contribution in [3.05, 3.63) is 0 Å². The highest BCUT2D eigenvalue weighted by atomic mass is 19.4. The number of rotatable bonds is 4. The van der Waals surface area contributed by atoms with Crippen LogP contribution in [0.15, 0.2) is 0 Å². The maximum absolute atomic E-state index is 11.5. The Kier molecular flexibility index (Phi) is 4.44. The van der Waals surface area contributed by atoms with Crippen molar-refractivity contribution in [1.29, 1.82) is 0 Å². The van der Waals surface area contributed by atoms with Gasteiger partial charge in [0.25, 0.3) is 0 Å². The van der Waals surface area contributed by atoms with Gasteiger partial charge in [-0.15, -0.1) is 0 Å². The summed E-state index contributed by atoms with van der Waals surface area (Å²) < 4.78 is 39.0. The molecule has 0 aliphatic rings. The van der Waals surface area contributed by atoms with Crippen molar-refractivity contribution < 1.29 is 23.0 Å². The normalized spacial score (nSPS) is 15.0. The lowest BCUT2D eigenvalue weighted by atomic mass is 10.2. The maximum atomic E-state index is 11.5. The first-order chi connectivity index (χ1) is 4.95. The molecule has 0 radical (unpaired) electrons. The van der Waals surface area contributed by atoms with Crippen molar-refractivity contribution in [3.8, 4) is 0 Å². The van der Waals surface area contributed by atoms with E-state index in [2.05, 4.69) is 4.74 Å². The molecule has 0 fully saturated rings. The molecule has 1 N–H and O–H groups in total. The zero-order valence-electron chi connectivity index (χ0n) is 6.19. The Labute approximate surface area is 63.0 Å². The fourth-order valence-corrected chi connectivity index (χ4v) is 0.606. The van der Waals surface area contributed by atoms with Gasteiger partial charge < -0.3 is 9.84 Å². The number of methoxy groups -OCH3 is 1. The summed E-state index contributed by atoms with van der Waals surface area (Å²) >= 11 is 0. The van der Waals surface area contributed by atoms with Gasteiger partial charge in [-0.1, -0.05) is 0 Å². The van der Waals surface area contributed by atoms with Crippen LogP contribution < -0.4 is 0 Å². The minimum atomic E-state index is -4.19. The molecule has 0 saturated heterocycles. The molecule has 1 unspecified atom stereocenters. The zero-order chi connectivity index (χ0) is 8.91. The monoisotopic (exact) mass is 172 g/mol. The highest BCUT2D eigenvalue weighted by Gasteiger charge is 2.27. The van der Waals surface area contributed by atoms with Gasteiger partial charge in [0.15, 0.2) is 0 Å². The van der Waals surface area contributed by atoms with Gasteiger partial charge in [-0.2, -0.15) is 13.2 Å². The third-order valence-electron chi connectivity index (χ3n) is 1.12. The van der Waals surface area contributed by atoms with E-state index in [0.717, 1.165) is 0 Å². The van der Waals surface area contributed by atoms with E-state index in [0.29, 0.717) is 0 Å². The molecule has 0 aliphatic heterocycles. The third kappa shape index (κ3) is 7.61. The first kappa shape index (κ1) is 10.7. The van der Waals surface area contributed by atoms with Gasteiger partial charge in [0, 0.05) is 13.5 Å². The number of hydrogen-bond donors (Lipinski definition) is 1. The summed E-state index contributed by atoms with van der Waals surface area (Å²) in [5.74, 6) is 0. The Morgan fingerprint density at radius 1 is 1.45 bits per heavy atom. The van der Waals surface area contributed by atoms with Crippen molar-refractivity contribution in [2.75, 3.05) is 13.7 Å². The highest BCUT2D eigenvalue weighted by molar-refractivity contribution is 4.58. The third-order valence-corrected chi connectivity index (χ3v) is 1.12. The molecule has 1 atom stereocenters. The number of aliphatic hydroxyl groups is 1. The van der Waals surface area contributed by atoms with Gasteiger partial charge in [-0.3, -0.25) is 0 Å². The van der Waals surface area contributed by atoms with Crippen molar-refractivity contribution in [2.45, 2.75) is 25.1 Å². The Hall–Kier alpha value is -0.290. The molecule has 0 amide bonds. The van der Waals surface area contributed by atoms with Crippen molar-refractivity contribution in [2.24, 2.45) is 0 Å². The van der Waals surface area contributed by atoms with Gasteiger partial charge in [-0.25, -0.2) is 0 Å². The number of hydrogen-bond acceptors (Lipinski definition) is 2. The SMILES string of the molecule is COCC(O)CCC(F)(F)F. The van der Waals surface area contributed by atoms with E-state index in [-0.39, 0.29) is 13.0 Å². The zero-order valence-corrected chi connectivity index (χ0v) is 6.19. The van der Waals surface area contributed by atoms with Crippen LogP contribution in [0.4, 0.5) is 13.2 Å². The van der Waals surface area contributed by atoms with Crippen LogP contribution in [0.25, 0.3) is 0 Å². The van der Waals surface area contributed by atoms with Crippen molar-refractivity contribution in [1.82, 2.24) is 0 Å². The van der Waals surface area contributed by atoms with E-state index in [1.807, 2.05) is 0 Å². The van der Waals surface area contributed by atoms with Crippen LogP contribution in [0.1, 0.15) is 12.8 Å². The smallest absolute Gasteiger partial charge is 0.389 e. The van der Waals surface area contributed by atoms with Crippen molar-refractivity contribution in [3.63, 3.8) is 0 Å². The lowest BCUT2D eigenvalue weighted by Gasteiger charge is -2.10. The summed E-state index contributed by atoms with van der Waals surface area (Å²) in [7, 11) is 1.33. The average molecular weight is 172 g/mol. The molecule has 0 aliphatic carbocycles. The second kappa shape index (κ2) is 4.56. The van der Waals surface area contributed by atoms with Gasteiger partial charge in [0.1, 0.15) is 0 Å². The molecule has 0 aromatic heterocycles. The van der Waals surface area contributed by atoms with Crippen LogP contribution in [0.3, 0.4) is 0 Å². The summed E-state index contributed by atoms with van der Waals surface area (Å²) in [4.78, 5) is 0. The molecule has 5 heteroatoms. The van der Waals surface area contributed by atoms with E-state index in [9.17, 15) is 13.2 Å². The molecule has 0 aromatic rings. The van der Waals surface area contributed by atoms with E-state index in [1.165, 1.54) is 7.11 Å². The van der Waals surface area contributed by atoms with Gasteiger partial charge >= 0.3 is 6.18 Å². The fourth-order valence-electron chi connectivity index (χ4n) is 0.606. The second-order valence-electron chi connectivity index (χ2n) is 2.26. The topological polar surface area (TPSA) is 29.5 Å². The molecule has 0 spiro atoms. The van der Waals surface area contributed by atoms with E-state index >= 15 is 0 Å². The predicted octanol–water partition coefficient (Wildman–Crippen LogP) is 1.34. The lowest BCUT2D eigenvalue weighted by Crippen LogP contribution is -2.18. The lowest BCUT2D eigenvalue weighted by molar-refractivity contribution is -0.141. The van der Waals surface area contributed by atoms with Gasteiger partial charge in [0.05, 0.1) is 12.7 Å². The molecule has 0 rings (SSSR count). The summed E-state index contributed by atoms with van der Waals surface area (Å²) in [6.07, 6.45) is -6.45. The van der Waals surface area contributed by atoms with E-state index in [4.69, 9.17) is 5.11 Å². The maximum Gasteiger partial charge on any atom is 0.389 e. The summed E-state index contributed by atoms with van der Waals surface area (Å²) in [5, 5.41) is 8.79. The minimum Gasteiger partial charge on any atom is -0.391 e. The van der Waals surface area contributed by atoms with Gasteiger partial charge in [-0.05, 0) is 6.42 Å². The van der Waals surface area contributed by atoms with Crippen LogP contribution in [0.2, 0.25) is 0 Å². The van der Waals surface area contributed by atoms with Crippen LogP contribution in [0.5, 0.6) is 0 Å². The molecule has 68 valence electrons. The number of alkyl halides is 3. The Morgan fingerprint density at radius 2 is 2.00 bits per heavy atom. The molecule has 0 aromatic carbocycles.